The summed E-state index contributed by atoms with van der Waals surface area (Å²) in [6.45, 7) is 0. The van der Waals surface area contributed by atoms with Crippen LogP contribution < -0.4 is 4.72 Å². The van der Waals surface area contributed by atoms with E-state index in [9.17, 15) is 8.42 Å². The number of hydrogen-bond acceptors (Lipinski definition) is 2. The van der Waals surface area contributed by atoms with Gasteiger partial charge in [-0.2, -0.15) is 0 Å². The molecule has 0 saturated heterocycles. The van der Waals surface area contributed by atoms with Gasteiger partial charge in [-0.05, 0) is 19.5 Å². The van der Waals surface area contributed by atoms with Crippen molar-refractivity contribution in [3.05, 3.63) is 23.1 Å². The Bertz CT molecular complexity index is 274. The van der Waals surface area contributed by atoms with Gasteiger partial charge in [0.2, 0.25) is 10.0 Å². The highest BCUT2D eigenvalue weighted by molar-refractivity contribution is 7.93. The third kappa shape index (κ3) is 1.27. The second kappa shape index (κ2) is 2.56. The molecule has 0 saturated carbocycles. The molecule has 3 nitrogen and oxygen atoms in total. The van der Waals surface area contributed by atoms with Crippen LogP contribution in [0.2, 0.25) is 0 Å². The van der Waals surface area contributed by atoms with Gasteiger partial charge >= 0.3 is 0 Å². The zero-order valence-corrected chi connectivity index (χ0v) is 6.48. The van der Waals surface area contributed by atoms with Crippen molar-refractivity contribution in [2.45, 2.75) is 6.42 Å². The van der Waals surface area contributed by atoms with Crippen molar-refractivity contribution in [1.82, 2.24) is 4.72 Å². The quantitative estimate of drug-likeness (QED) is 0.633. The molecule has 0 spiro atoms. The standard InChI is InChI=1S/C6H9NO2S/c1-7-10(8,9)6-4-2-3-5-6/h2,4-5,7H,3H2,1H3. The molecule has 0 heterocycles. The molecule has 0 atom stereocenters. The first-order valence-corrected chi connectivity index (χ1v) is 4.45. The third-order valence-corrected chi connectivity index (χ3v) is 2.78. The zero-order valence-electron chi connectivity index (χ0n) is 5.66. The van der Waals surface area contributed by atoms with Crippen LogP contribution in [-0.2, 0) is 10.0 Å². The SMILES string of the molecule is CNS(=O)(=O)C1=CCC=C1. The van der Waals surface area contributed by atoms with Crippen molar-refractivity contribution < 1.29 is 8.42 Å². The van der Waals surface area contributed by atoms with Gasteiger partial charge in [0.1, 0.15) is 0 Å². The average molecular weight is 159 g/mol. The molecule has 0 aliphatic heterocycles. The third-order valence-electron chi connectivity index (χ3n) is 1.32. The summed E-state index contributed by atoms with van der Waals surface area (Å²) in [5, 5.41) is 0. The lowest BCUT2D eigenvalue weighted by atomic mass is 10.5. The Kier molecular flexibility index (Phi) is 1.92. The molecule has 0 aromatic heterocycles. The zero-order chi connectivity index (χ0) is 7.61. The molecule has 4 heteroatoms. The lowest BCUT2D eigenvalue weighted by molar-refractivity contribution is 0.595. The lowest BCUT2D eigenvalue weighted by Crippen LogP contribution is -2.18. The van der Waals surface area contributed by atoms with E-state index in [2.05, 4.69) is 4.72 Å². The summed E-state index contributed by atoms with van der Waals surface area (Å²) < 4.78 is 24.2. The number of allylic oxidation sites excluding steroid dienone is 3. The van der Waals surface area contributed by atoms with Crippen LogP contribution in [-0.4, -0.2) is 15.5 Å². The van der Waals surface area contributed by atoms with E-state index in [0.29, 0.717) is 4.91 Å². The molecule has 1 aliphatic carbocycles. The molecule has 0 amide bonds. The predicted molar refractivity (Wildman–Crippen MR) is 39.8 cm³/mol. The molecule has 0 aromatic rings. The first-order valence-electron chi connectivity index (χ1n) is 2.97. The van der Waals surface area contributed by atoms with Crippen molar-refractivity contribution in [3.63, 3.8) is 0 Å². The van der Waals surface area contributed by atoms with E-state index in [0.717, 1.165) is 6.42 Å². The molecule has 0 bridgehead atoms. The second-order valence-corrected chi connectivity index (χ2v) is 3.84. The molecular weight excluding hydrogens is 150 g/mol. The van der Waals surface area contributed by atoms with E-state index in [1.54, 1.807) is 12.2 Å². The van der Waals surface area contributed by atoms with Crippen LogP contribution in [0.15, 0.2) is 23.1 Å². The maximum Gasteiger partial charge on any atom is 0.239 e. The minimum Gasteiger partial charge on any atom is -0.214 e. The molecule has 0 radical (unpaired) electrons. The minimum absolute atomic E-state index is 0.370. The number of sulfonamides is 1. The van der Waals surface area contributed by atoms with E-state index in [1.807, 2.05) is 6.08 Å². The van der Waals surface area contributed by atoms with Crippen molar-refractivity contribution in [2.24, 2.45) is 0 Å². The van der Waals surface area contributed by atoms with Crippen LogP contribution in [0, 0.1) is 0 Å². The number of rotatable bonds is 2. The van der Waals surface area contributed by atoms with Gasteiger partial charge in [-0.1, -0.05) is 12.2 Å². The predicted octanol–water partition coefficient (Wildman–Crippen LogP) is 0.379. The van der Waals surface area contributed by atoms with E-state index >= 15 is 0 Å². The summed E-state index contributed by atoms with van der Waals surface area (Å²) >= 11 is 0. The van der Waals surface area contributed by atoms with E-state index in [4.69, 9.17) is 0 Å². The highest BCUT2D eigenvalue weighted by Gasteiger charge is 2.13. The van der Waals surface area contributed by atoms with Crippen molar-refractivity contribution in [3.8, 4) is 0 Å². The lowest BCUT2D eigenvalue weighted by Gasteiger charge is -1.98. The summed E-state index contributed by atoms with van der Waals surface area (Å²) in [6, 6.07) is 0. The minimum atomic E-state index is -3.17. The smallest absolute Gasteiger partial charge is 0.214 e. The van der Waals surface area contributed by atoms with E-state index in [-0.39, 0.29) is 0 Å². The molecule has 0 unspecified atom stereocenters. The maximum absolute atomic E-state index is 11.0. The van der Waals surface area contributed by atoms with Crippen LogP contribution in [0.4, 0.5) is 0 Å². The van der Waals surface area contributed by atoms with Gasteiger partial charge in [-0.3, -0.25) is 0 Å². The van der Waals surface area contributed by atoms with Gasteiger partial charge in [-0.25, -0.2) is 13.1 Å². The average Bonchev–Trinajstić information content (AvgIpc) is 2.38. The molecule has 0 fully saturated rings. The number of hydrogen-bond donors (Lipinski definition) is 1. The van der Waals surface area contributed by atoms with Crippen LogP contribution in [0.5, 0.6) is 0 Å². The molecule has 1 aliphatic rings. The summed E-state index contributed by atoms with van der Waals surface area (Å²) in [6.07, 6.45) is 5.80. The molecule has 1 N–H and O–H groups in total. The van der Waals surface area contributed by atoms with Crippen molar-refractivity contribution in [1.29, 1.82) is 0 Å². The van der Waals surface area contributed by atoms with Gasteiger partial charge in [0.05, 0.1) is 4.91 Å². The fourth-order valence-electron chi connectivity index (χ4n) is 0.754. The van der Waals surface area contributed by atoms with Gasteiger partial charge in [0.25, 0.3) is 0 Å². The number of nitrogens with one attached hydrogen (secondary N) is 1. The monoisotopic (exact) mass is 159 g/mol. The Balaban J connectivity index is 2.95. The largest absolute Gasteiger partial charge is 0.239 e. The summed E-state index contributed by atoms with van der Waals surface area (Å²) in [7, 11) is -1.77. The fraction of sp³-hybridized carbons (Fsp3) is 0.333. The Hall–Kier alpha value is -0.610. The molecule has 1 rings (SSSR count). The normalized spacial score (nSPS) is 17.5. The highest BCUT2D eigenvalue weighted by Crippen LogP contribution is 2.13. The van der Waals surface area contributed by atoms with Crippen LogP contribution >= 0.6 is 0 Å². The van der Waals surface area contributed by atoms with Gasteiger partial charge in [-0.15, -0.1) is 0 Å². The Morgan fingerprint density at radius 2 is 2.30 bits per heavy atom. The topological polar surface area (TPSA) is 46.2 Å². The Morgan fingerprint density at radius 3 is 2.70 bits per heavy atom. The van der Waals surface area contributed by atoms with E-state index in [1.165, 1.54) is 7.05 Å². The second-order valence-electron chi connectivity index (χ2n) is 1.95. The van der Waals surface area contributed by atoms with Gasteiger partial charge in [0, 0.05) is 0 Å². The Labute approximate surface area is 60.5 Å². The van der Waals surface area contributed by atoms with Crippen LogP contribution in [0.1, 0.15) is 6.42 Å². The first kappa shape index (κ1) is 7.50. The van der Waals surface area contributed by atoms with Crippen LogP contribution in [0.25, 0.3) is 0 Å². The Morgan fingerprint density at radius 1 is 1.60 bits per heavy atom. The van der Waals surface area contributed by atoms with Gasteiger partial charge < -0.3 is 0 Å². The highest BCUT2D eigenvalue weighted by atomic mass is 32.2. The summed E-state index contributed by atoms with van der Waals surface area (Å²) in [5.74, 6) is 0. The maximum atomic E-state index is 11.0. The van der Waals surface area contributed by atoms with Crippen LogP contribution in [0.3, 0.4) is 0 Å². The van der Waals surface area contributed by atoms with Crippen molar-refractivity contribution >= 4 is 10.0 Å². The van der Waals surface area contributed by atoms with E-state index < -0.39 is 10.0 Å². The van der Waals surface area contributed by atoms with Gasteiger partial charge in [0.15, 0.2) is 0 Å². The molecule has 56 valence electrons. The molecule has 0 aromatic carbocycles. The molecule has 10 heavy (non-hydrogen) atoms. The fourth-order valence-corrected chi connectivity index (χ4v) is 1.58. The molecular formula is C6H9NO2S. The first-order chi connectivity index (χ1) is 4.67. The summed E-state index contributed by atoms with van der Waals surface area (Å²) in [4.78, 5) is 0.370. The van der Waals surface area contributed by atoms with Crippen molar-refractivity contribution in [2.75, 3.05) is 7.05 Å². The summed E-state index contributed by atoms with van der Waals surface area (Å²) in [5.41, 5.74) is 0.